The fourth-order valence-electron chi connectivity index (χ4n) is 8.58. The molecular weight excluding hydrogens is 825 g/mol. The molecule has 9 N–H and O–H groups in total. The van der Waals surface area contributed by atoms with Gasteiger partial charge in [0.15, 0.2) is 5.96 Å². The van der Waals surface area contributed by atoms with Crippen LogP contribution in [0.15, 0.2) is 131 Å². The number of hydrogen-bond donors (Lipinski definition) is 7. The van der Waals surface area contributed by atoms with Crippen molar-refractivity contribution < 1.29 is 34.2 Å². The maximum absolute atomic E-state index is 13.7. The Kier molecular flexibility index (Phi) is 14.7. The number of aliphatic imine (C=N–C) groups is 2. The summed E-state index contributed by atoms with van der Waals surface area (Å²) in [7, 11) is 0. The van der Waals surface area contributed by atoms with Gasteiger partial charge in [-0.05, 0) is 69.8 Å². The fraction of sp³-hybridized carbons (Fsp3) is 0.300. The molecule has 15 nitrogen and oxygen atoms in total. The number of benzene rings is 4. The lowest BCUT2D eigenvalue weighted by atomic mass is 9.79. The SMILES string of the molecule is CC1(C)C(/C=C/C=C/C=C/C=C2/N(CCC(=O)N[C@@H](CCCN=C(N)N)C(=O)NCC(=O)N[C@@H](CC(=O)O)C(=O)O)c3ccc4ccccc4c3C2(C)C)=Nc2ccc3ccccc3c21. The molecule has 65 heavy (non-hydrogen) atoms. The molecule has 0 bridgehead atoms. The average Bonchev–Trinajstić information content (AvgIpc) is 3.65. The minimum absolute atomic E-state index is 0.00163. The number of aliphatic carboxylic acids is 2. The van der Waals surface area contributed by atoms with Crippen LogP contribution >= 0.6 is 0 Å². The highest BCUT2D eigenvalue weighted by molar-refractivity contribution is 6.12. The molecule has 2 atom stereocenters. The summed E-state index contributed by atoms with van der Waals surface area (Å²) in [5.74, 6) is -5.13. The van der Waals surface area contributed by atoms with Crippen molar-refractivity contribution in [1.82, 2.24) is 16.0 Å². The van der Waals surface area contributed by atoms with Crippen molar-refractivity contribution in [2.45, 2.75) is 76.3 Å². The summed E-state index contributed by atoms with van der Waals surface area (Å²) < 4.78 is 0. The monoisotopic (exact) mass is 880 g/mol. The average molecular weight is 881 g/mol. The third-order valence-electron chi connectivity index (χ3n) is 11.7. The predicted octanol–water partition coefficient (Wildman–Crippen LogP) is 5.80. The molecule has 2 aliphatic heterocycles. The maximum atomic E-state index is 13.7. The lowest BCUT2D eigenvalue weighted by Gasteiger charge is -2.27. The second kappa shape index (κ2) is 20.3. The van der Waals surface area contributed by atoms with E-state index in [2.05, 4.69) is 120 Å². The largest absolute Gasteiger partial charge is 0.481 e. The van der Waals surface area contributed by atoms with E-state index in [1.807, 2.05) is 48.6 Å². The molecule has 6 rings (SSSR count). The summed E-state index contributed by atoms with van der Waals surface area (Å²) in [4.78, 5) is 73.0. The van der Waals surface area contributed by atoms with E-state index in [1.54, 1.807) is 0 Å². The first-order chi connectivity index (χ1) is 31.0. The highest BCUT2D eigenvalue weighted by atomic mass is 16.4. The number of carbonyl (C=O) groups excluding carboxylic acids is 3. The van der Waals surface area contributed by atoms with E-state index in [0.717, 1.165) is 39.1 Å². The number of carbonyl (C=O) groups is 5. The van der Waals surface area contributed by atoms with Crippen LogP contribution in [0.4, 0.5) is 11.4 Å². The molecule has 0 aromatic heterocycles. The standard InChI is InChI=1S/C50H56N8O7/c1-49(2)39(55-35-24-22-31-15-10-12-17-33(31)44(35)49)20-8-6-5-7-9-21-40-50(3,4)45-34-18-13-11-16-32(34)23-25-38(45)58(40)28-26-41(59)56-36(19-14-27-53-48(51)52)46(63)54-30-42(60)57-37(47(64)65)29-43(61)62/h5-13,15-18,20-25,36-37H,14,19,26-30H2,1-4H3,(H,54,63)(H,56,59)(H,57,60)(H,61,62)(H,64,65)(H4,51,52,53)/b6-5+,9-7+,20-8+,40-21+/t36-,37-/m0/s1. The number of nitrogens with zero attached hydrogens (tertiary/aromatic N) is 3. The summed E-state index contributed by atoms with van der Waals surface area (Å²) in [6, 6.07) is 22.1. The van der Waals surface area contributed by atoms with Crippen LogP contribution in [0.3, 0.4) is 0 Å². The van der Waals surface area contributed by atoms with Crippen LogP contribution in [0.25, 0.3) is 21.5 Å². The van der Waals surface area contributed by atoms with Gasteiger partial charge in [-0.1, -0.05) is 119 Å². The van der Waals surface area contributed by atoms with Crippen LogP contribution in [0.5, 0.6) is 0 Å². The van der Waals surface area contributed by atoms with Gasteiger partial charge in [0.1, 0.15) is 12.1 Å². The van der Waals surface area contributed by atoms with Gasteiger partial charge < -0.3 is 42.5 Å². The van der Waals surface area contributed by atoms with Crippen molar-refractivity contribution in [1.29, 1.82) is 0 Å². The fourth-order valence-corrected chi connectivity index (χ4v) is 8.58. The summed E-state index contributed by atoms with van der Waals surface area (Å²) in [6.45, 7) is 8.54. The van der Waals surface area contributed by atoms with Crippen molar-refractivity contribution in [3.63, 3.8) is 0 Å². The molecule has 3 amide bonds. The van der Waals surface area contributed by atoms with E-state index in [-0.39, 0.29) is 37.3 Å². The van der Waals surface area contributed by atoms with Crippen molar-refractivity contribution in [3.8, 4) is 0 Å². The Balaban J connectivity index is 1.16. The second-order valence-corrected chi connectivity index (χ2v) is 17.0. The second-order valence-electron chi connectivity index (χ2n) is 17.0. The smallest absolute Gasteiger partial charge is 0.326 e. The third-order valence-corrected chi connectivity index (χ3v) is 11.7. The zero-order valence-corrected chi connectivity index (χ0v) is 37.0. The summed E-state index contributed by atoms with van der Waals surface area (Å²) >= 11 is 0. The first-order valence-corrected chi connectivity index (χ1v) is 21.5. The molecule has 0 unspecified atom stereocenters. The molecule has 4 aromatic carbocycles. The number of guanidine groups is 1. The van der Waals surface area contributed by atoms with E-state index in [4.69, 9.17) is 21.6 Å². The number of carboxylic acids is 2. The Bertz CT molecular complexity index is 2690. The molecule has 0 saturated carbocycles. The van der Waals surface area contributed by atoms with Crippen LogP contribution in [-0.4, -0.2) is 83.3 Å². The van der Waals surface area contributed by atoms with Gasteiger partial charge in [-0.25, -0.2) is 4.79 Å². The number of nitrogens with one attached hydrogen (secondary N) is 3. The molecule has 0 saturated heterocycles. The normalized spacial score (nSPS) is 16.4. The molecule has 2 heterocycles. The number of carboxylic acid groups (broad SMARTS) is 2. The lowest BCUT2D eigenvalue weighted by Crippen LogP contribution is -2.51. The number of anilines is 1. The minimum Gasteiger partial charge on any atom is -0.481 e. The quantitative estimate of drug-likeness (QED) is 0.0259. The van der Waals surface area contributed by atoms with Crippen LogP contribution in [0.1, 0.15) is 64.5 Å². The zero-order chi connectivity index (χ0) is 46.9. The number of allylic oxidation sites excluding steroid dienone is 8. The molecule has 0 radical (unpaired) electrons. The molecule has 4 aromatic rings. The number of nitrogens with two attached hydrogens (primary N) is 2. The Morgan fingerprint density at radius 2 is 1.40 bits per heavy atom. The van der Waals surface area contributed by atoms with E-state index < -0.39 is 60.1 Å². The van der Waals surface area contributed by atoms with Gasteiger partial charge >= 0.3 is 11.9 Å². The highest BCUT2D eigenvalue weighted by Gasteiger charge is 2.41. The Hall–Kier alpha value is -7.55. The summed E-state index contributed by atoms with van der Waals surface area (Å²) in [6.07, 6.45) is 13.6. The molecule has 0 spiro atoms. The minimum atomic E-state index is -1.69. The Morgan fingerprint density at radius 3 is 2.08 bits per heavy atom. The van der Waals surface area contributed by atoms with Crippen molar-refractivity contribution in [3.05, 3.63) is 132 Å². The maximum Gasteiger partial charge on any atom is 0.326 e. The van der Waals surface area contributed by atoms with Crippen molar-refractivity contribution in [2.24, 2.45) is 21.5 Å². The molecule has 338 valence electrons. The van der Waals surface area contributed by atoms with Gasteiger partial charge in [0.25, 0.3) is 0 Å². The summed E-state index contributed by atoms with van der Waals surface area (Å²) in [5, 5.41) is 30.2. The van der Waals surface area contributed by atoms with Gasteiger partial charge in [0.05, 0.1) is 24.4 Å². The Morgan fingerprint density at radius 1 is 0.769 bits per heavy atom. The number of amides is 3. The van der Waals surface area contributed by atoms with Gasteiger partial charge in [-0.3, -0.25) is 29.2 Å². The van der Waals surface area contributed by atoms with E-state index in [9.17, 15) is 29.1 Å². The van der Waals surface area contributed by atoms with E-state index >= 15 is 0 Å². The highest BCUT2D eigenvalue weighted by Crippen LogP contribution is 2.51. The summed E-state index contributed by atoms with van der Waals surface area (Å²) in [5.41, 5.74) is 16.5. The van der Waals surface area contributed by atoms with Gasteiger partial charge in [0, 0.05) is 41.7 Å². The topological polar surface area (TPSA) is 242 Å². The predicted molar refractivity (Wildman–Crippen MR) is 255 cm³/mol. The van der Waals surface area contributed by atoms with Crippen LogP contribution in [-0.2, 0) is 34.8 Å². The Labute approximate surface area is 377 Å². The lowest BCUT2D eigenvalue weighted by molar-refractivity contribution is -0.147. The number of hydrogen-bond acceptors (Lipinski definition) is 8. The first-order valence-electron chi connectivity index (χ1n) is 21.5. The van der Waals surface area contributed by atoms with Crippen LogP contribution in [0.2, 0.25) is 0 Å². The first kappa shape index (κ1) is 46.9. The molecule has 2 aliphatic rings. The molecular formula is C50H56N8O7. The number of fused-ring (bicyclic) bond motifs is 6. The molecule has 15 heteroatoms. The third kappa shape index (κ3) is 11.0. The van der Waals surface area contributed by atoms with Crippen molar-refractivity contribution in [2.75, 3.05) is 24.5 Å². The van der Waals surface area contributed by atoms with E-state index in [0.29, 0.717) is 6.42 Å². The molecule has 0 aliphatic carbocycles. The van der Waals surface area contributed by atoms with Gasteiger partial charge in [0.2, 0.25) is 17.7 Å². The van der Waals surface area contributed by atoms with Gasteiger partial charge in [-0.2, -0.15) is 0 Å². The van der Waals surface area contributed by atoms with Gasteiger partial charge in [-0.15, -0.1) is 0 Å². The number of rotatable bonds is 19. The zero-order valence-electron chi connectivity index (χ0n) is 37.0. The van der Waals surface area contributed by atoms with Crippen LogP contribution in [0, 0.1) is 0 Å². The van der Waals surface area contributed by atoms with E-state index in [1.165, 1.54) is 16.3 Å². The van der Waals surface area contributed by atoms with Crippen molar-refractivity contribution >= 4 is 74.3 Å². The van der Waals surface area contributed by atoms with Crippen LogP contribution < -0.4 is 32.3 Å². The molecule has 0 fully saturated rings.